The average molecular weight is 498 g/mol. The van der Waals surface area contributed by atoms with Crippen molar-refractivity contribution >= 4 is 45.0 Å². The number of para-hydroxylation sites is 1. The Bertz CT molecular complexity index is 1080. The van der Waals surface area contributed by atoms with Gasteiger partial charge in [0.05, 0.1) is 23.8 Å². The number of anilines is 2. The summed E-state index contributed by atoms with van der Waals surface area (Å²) in [6.45, 7) is 6.12. The van der Waals surface area contributed by atoms with Gasteiger partial charge in [-0.1, -0.05) is 26.0 Å². The van der Waals surface area contributed by atoms with Gasteiger partial charge in [-0.3, -0.25) is 9.59 Å². The van der Waals surface area contributed by atoms with Crippen molar-refractivity contribution in [2.75, 3.05) is 41.8 Å². The van der Waals surface area contributed by atoms with E-state index in [1.807, 2.05) is 0 Å². The first-order chi connectivity index (χ1) is 15.7. The fourth-order valence-electron chi connectivity index (χ4n) is 2.95. The number of hydrogen-bond donors (Lipinski definition) is 2. The third kappa shape index (κ3) is 7.44. The topological polar surface area (TPSA) is 105 Å². The predicted molar refractivity (Wildman–Crippen MR) is 129 cm³/mol. The Balaban J connectivity index is 2.01. The smallest absolute Gasteiger partial charge is 0.246 e. The molecule has 0 aliphatic carbocycles. The highest BCUT2D eigenvalue weighted by molar-refractivity contribution is 8.00. The molecule has 0 bridgehead atoms. The van der Waals surface area contributed by atoms with Crippen molar-refractivity contribution in [3.63, 3.8) is 0 Å². The number of carbonyl (C=O) groups excluding carboxylic acids is 2. The van der Waals surface area contributed by atoms with Gasteiger partial charge in [0.2, 0.25) is 21.8 Å². The van der Waals surface area contributed by atoms with Gasteiger partial charge < -0.3 is 15.4 Å². The first-order valence-corrected chi connectivity index (χ1v) is 13.0. The maximum absolute atomic E-state index is 13.6. The minimum atomic E-state index is -3.81. The Morgan fingerprint density at radius 1 is 1.00 bits per heavy atom. The molecule has 0 heterocycles. The highest BCUT2D eigenvalue weighted by Gasteiger charge is 2.26. The lowest BCUT2D eigenvalue weighted by atomic mass is 10.3. The number of hydrogen-bond acceptors (Lipinski definition) is 6. The normalized spacial score (nSPS) is 11.3. The van der Waals surface area contributed by atoms with Crippen molar-refractivity contribution < 1.29 is 27.1 Å². The summed E-state index contributed by atoms with van der Waals surface area (Å²) in [5.41, 5.74) is 0.370. The van der Waals surface area contributed by atoms with E-state index in [4.69, 9.17) is 4.74 Å². The molecule has 11 heteroatoms. The van der Waals surface area contributed by atoms with Gasteiger partial charge in [-0.15, -0.1) is 11.8 Å². The molecule has 0 spiro atoms. The van der Waals surface area contributed by atoms with Gasteiger partial charge in [0, 0.05) is 18.8 Å². The monoisotopic (exact) mass is 497 g/mol. The van der Waals surface area contributed by atoms with Crippen LogP contribution in [0.15, 0.2) is 47.4 Å². The lowest BCUT2D eigenvalue weighted by molar-refractivity contribution is -0.114. The first kappa shape index (κ1) is 26.6. The number of benzene rings is 2. The summed E-state index contributed by atoms with van der Waals surface area (Å²) in [6, 6.07) is 10.2. The minimum absolute atomic E-state index is 0.0252. The third-order valence-corrected chi connectivity index (χ3v) is 7.47. The summed E-state index contributed by atoms with van der Waals surface area (Å²) in [5.74, 6) is -1.27. The van der Waals surface area contributed by atoms with Gasteiger partial charge in [-0.2, -0.15) is 4.31 Å². The van der Waals surface area contributed by atoms with E-state index in [2.05, 4.69) is 10.6 Å². The summed E-state index contributed by atoms with van der Waals surface area (Å²) >= 11 is 1.05. The number of sulfonamides is 1. The molecule has 0 aliphatic heterocycles. The lowest BCUT2D eigenvalue weighted by Crippen LogP contribution is -2.31. The summed E-state index contributed by atoms with van der Waals surface area (Å²) in [7, 11) is -3.81. The molecule has 0 saturated heterocycles. The Hall–Kier alpha value is -2.63. The van der Waals surface area contributed by atoms with Gasteiger partial charge in [0.1, 0.15) is 16.5 Å². The van der Waals surface area contributed by atoms with E-state index >= 15 is 0 Å². The van der Waals surface area contributed by atoms with Gasteiger partial charge in [0.15, 0.2) is 0 Å². The summed E-state index contributed by atoms with van der Waals surface area (Å²) in [4.78, 5) is 24.2. The molecule has 8 nitrogen and oxygen atoms in total. The zero-order valence-electron chi connectivity index (χ0n) is 18.8. The highest BCUT2D eigenvalue weighted by Crippen LogP contribution is 2.30. The maximum atomic E-state index is 13.6. The van der Waals surface area contributed by atoms with Crippen molar-refractivity contribution in [2.45, 2.75) is 25.7 Å². The molecular weight excluding hydrogens is 469 g/mol. The van der Waals surface area contributed by atoms with E-state index in [-0.39, 0.29) is 34.4 Å². The van der Waals surface area contributed by atoms with Crippen LogP contribution in [0.3, 0.4) is 0 Å². The van der Waals surface area contributed by atoms with Crippen LogP contribution in [0.5, 0.6) is 5.75 Å². The quantitative estimate of drug-likeness (QED) is 0.465. The molecule has 180 valence electrons. The van der Waals surface area contributed by atoms with Crippen LogP contribution < -0.4 is 15.4 Å². The average Bonchev–Trinajstić information content (AvgIpc) is 2.77. The standard InChI is InChI=1S/C22H28FN3O5S2/c1-4-26(5-2)33(29,30)20-13-16(11-12-19(20)31-6-3)24-21(27)14-32-15-22(28)25-18-10-8-7-9-17(18)23/h7-13H,4-6,14-15H2,1-3H3,(H,24,27)(H,25,28). The van der Waals surface area contributed by atoms with Crippen LogP contribution >= 0.6 is 11.8 Å². The number of ether oxygens (including phenoxy) is 1. The first-order valence-electron chi connectivity index (χ1n) is 10.4. The van der Waals surface area contributed by atoms with Crippen LogP contribution in [-0.4, -0.2) is 55.7 Å². The van der Waals surface area contributed by atoms with Crippen LogP contribution in [0.2, 0.25) is 0 Å². The van der Waals surface area contributed by atoms with Crippen molar-refractivity contribution in [3.05, 3.63) is 48.3 Å². The van der Waals surface area contributed by atoms with Gasteiger partial charge in [-0.05, 0) is 37.3 Å². The molecule has 0 aromatic heterocycles. The van der Waals surface area contributed by atoms with Crippen LogP contribution in [0, 0.1) is 5.82 Å². The molecule has 0 fully saturated rings. The predicted octanol–water partition coefficient (Wildman–Crippen LogP) is 3.57. The molecule has 0 unspecified atom stereocenters. The van der Waals surface area contributed by atoms with E-state index < -0.39 is 27.7 Å². The third-order valence-electron chi connectivity index (χ3n) is 4.46. The molecule has 33 heavy (non-hydrogen) atoms. The van der Waals surface area contributed by atoms with E-state index in [0.717, 1.165) is 11.8 Å². The van der Waals surface area contributed by atoms with Crippen molar-refractivity contribution in [1.29, 1.82) is 0 Å². The zero-order valence-corrected chi connectivity index (χ0v) is 20.4. The molecule has 2 N–H and O–H groups in total. The minimum Gasteiger partial charge on any atom is -0.492 e. The second kappa shape index (κ2) is 12.6. The summed E-state index contributed by atoms with van der Waals surface area (Å²) in [5, 5.41) is 5.09. The maximum Gasteiger partial charge on any atom is 0.246 e. The summed E-state index contributed by atoms with van der Waals surface area (Å²) in [6.07, 6.45) is 0. The molecule has 2 rings (SSSR count). The number of rotatable bonds is 12. The number of halogens is 1. The van der Waals surface area contributed by atoms with Crippen molar-refractivity contribution in [3.8, 4) is 5.75 Å². The van der Waals surface area contributed by atoms with E-state index in [1.54, 1.807) is 32.9 Å². The second-order valence-corrected chi connectivity index (χ2v) is 9.64. The number of carbonyl (C=O) groups is 2. The molecule has 2 aromatic carbocycles. The second-order valence-electron chi connectivity index (χ2n) is 6.75. The Labute approximate surface area is 197 Å². The number of nitrogens with one attached hydrogen (secondary N) is 2. The van der Waals surface area contributed by atoms with Crippen LogP contribution in [0.25, 0.3) is 0 Å². The van der Waals surface area contributed by atoms with E-state index in [9.17, 15) is 22.4 Å². The number of nitrogens with zero attached hydrogens (tertiary/aromatic N) is 1. The molecule has 0 radical (unpaired) electrons. The van der Waals surface area contributed by atoms with Crippen molar-refractivity contribution in [1.82, 2.24) is 4.31 Å². The molecule has 0 saturated carbocycles. The number of thioether (sulfide) groups is 1. The zero-order chi connectivity index (χ0) is 24.4. The Kier molecular flexibility index (Phi) is 10.1. The molecule has 2 aromatic rings. The van der Waals surface area contributed by atoms with Gasteiger partial charge >= 0.3 is 0 Å². The molecular formula is C22H28FN3O5S2. The number of amides is 2. The van der Waals surface area contributed by atoms with E-state index in [0.29, 0.717) is 18.8 Å². The molecule has 2 amide bonds. The molecule has 0 aliphatic rings. The van der Waals surface area contributed by atoms with Gasteiger partial charge in [-0.25, -0.2) is 12.8 Å². The van der Waals surface area contributed by atoms with Gasteiger partial charge in [0.25, 0.3) is 0 Å². The fraction of sp³-hybridized carbons (Fsp3) is 0.364. The SMILES string of the molecule is CCOc1ccc(NC(=O)CSCC(=O)Nc2ccccc2F)cc1S(=O)(=O)N(CC)CC. The van der Waals surface area contributed by atoms with Crippen molar-refractivity contribution in [2.24, 2.45) is 0 Å². The van der Waals surface area contributed by atoms with Crippen LogP contribution in [-0.2, 0) is 19.6 Å². The van der Waals surface area contributed by atoms with Crippen LogP contribution in [0.1, 0.15) is 20.8 Å². The summed E-state index contributed by atoms with van der Waals surface area (Å²) < 4.78 is 46.4. The Morgan fingerprint density at radius 2 is 1.64 bits per heavy atom. The highest BCUT2D eigenvalue weighted by atomic mass is 32.2. The Morgan fingerprint density at radius 3 is 2.24 bits per heavy atom. The fourth-order valence-corrected chi connectivity index (χ4v) is 5.18. The van der Waals surface area contributed by atoms with Crippen LogP contribution in [0.4, 0.5) is 15.8 Å². The molecule has 0 atom stereocenters. The van der Waals surface area contributed by atoms with E-state index in [1.165, 1.54) is 34.6 Å². The largest absolute Gasteiger partial charge is 0.492 e. The lowest BCUT2D eigenvalue weighted by Gasteiger charge is -2.21.